The topological polar surface area (TPSA) is 55.8 Å². The number of sulfonamides is 1. The Labute approximate surface area is 89.2 Å². The van der Waals surface area contributed by atoms with Gasteiger partial charge >= 0.3 is 0 Å². The molecule has 0 heterocycles. The number of aryl methyl sites for hydroxylation is 1. The summed E-state index contributed by atoms with van der Waals surface area (Å²) in [6.45, 7) is 1.70. The highest BCUT2D eigenvalue weighted by atomic mass is 32.2. The Bertz CT molecular complexity index is 425. The van der Waals surface area contributed by atoms with E-state index in [2.05, 4.69) is 9.68 Å². The highest BCUT2D eigenvalue weighted by Gasteiger charge is 2.26. The zero-order valence-corrected chi connectivity index (χ0v) is 9.61. The van der Waals surface area contributed by atoms with Crippen LogP contribution in [0.3, 0.4) is 0 Å². The second-order valence-corrected chi connectivity index (χ2v) is 4.52. The van der Waals surface area contributed by atoms with Gasteiger partial charge < -0.3 is 0 Å². The van der Waals surface area contributed by atoms with E-state index in [1.807, 2.05) is 0 Å². The van der Waals surface area contributed by atoms with Crippen molar-refractivity contribution in [2.45, 2.75) is 11.8 Å². The van der Waals surface area contributed by atoms with Gasteiger partial charge in [-0.25, -0.2) is 8.42 Å². The zero-order chi connectivity index (χ0) is 11.5. The van der Waals surface area contributed by atoms with E-state index in [0.29, 0.717) is 10.2 Å². The van der Waals surface area contributed by atoms with Crippen molar-refractivity contribution in [1.29, 1.82) is 0 Å². The Balaban J connectivity index is 3.23. The van der Waals surface area contributed by atoms with E-state index < -0.39 is 10.0 Å². The molecule has 0 aliphatic rings. The average molecular weight is 231 g/mol. The molecule has 1 aromatic carbocycles. The predicted octanol–water partition coefficient (Wildman–Crippen LogP) is 1.11. The van der Waals surface area contributed by atoms with Crippen LogP contribution in [0.4, 0.5) is 0 Å². The van der Waals surface area contributed by atoms with Crippen LogP contribution in [-0.4, -0.2) is 27.3 Å². The fourth-order valence-electron chi connectivity index (χ4n) is 1.20. The van der Waals surface area contributed by atoms with Crippen LogP contribution in [0, 0.1) is 6.92 Å². The van der Waals surface area contributed by atoms with Crippen molar-refractivity contribution in [3.63, 3.8) is 0 Å². The highest BCUT2D eigenvalue weighted by Crippen LogP contribution is 2.19. The lowest BCUT2D eigenvalue weighted by Crippen LogP contribution is -2.29. The molecule has 0 bridgehead atoms. The summed E-state index contributed by atoms with van der Waals surface area (Å²) in [4.78, 5) is 9.35. The maximum atomic E-state index is 11.9. The first-order valence-electron chi connectivity index (χ1n) is 4.23. The van der Waals surface area contributed by atoms with Crippen molar-refractivity contribution in [2.24, 2.45) is 0 Å². The third kappa shape index (κ3) is 2.35. The van der Waals surface area contributed by atoms with Crippen LogP contribution in [0.15, 0.2) is 29.2 Å². The predicted molar refractivity (Wildman–Crippen MR) is 54.2 cm³/mol. The normalized spacial score (nSPS) is 12.0. The lowest BCUT2D eigenvalue weighted by molar-refractivity contribution is -0.270. The maximum Gasteiger partial charge on any atom is 0.289 e. The van der Waals surface area contributed by atoms with Crippen molar-refractivity contribution in [1.82, 2.24) is 4.63 Å². The lowest BCUT2D eigenvalue weighted by atomic mass is 10.2. The first-order chi connectivity index (χ1) is 7.04. The second kappa shape index (κ2) is 4.71. The number of hydrogen-bond donors (Lipinski definition) is 0. The van der Waals surface area contributed by atoms with Gasteiger partial charge in [-0.1, -0.05) is 18.2 Å². The zero-order valence-electron chi connectivity index (χ0n) is 8.80. The van der Waals surface area contributed by atoms with E-state index in [-0.39, 0.29) is 4.90 Å². The van der Waals surface area contributed by atoms with Crippen LogP contribution in [0.5, 0.6) is 0 Å². The highest BCUT2D eigenvalue weighted by molar-refractivity contribution is 7.88. The lowest BCUT2D eigenvalue weighted by Gasteiger charge is -2.16. The summed E-state index contributed by atoms with van der Waals surface area (Å²) in [5, 5.41) is 0. The molecule has 0 saturated carbocycles. The van der Waals surface area contributed by atoms with Gasteiger partial charge in [0.05, 0.1) is 23.7 Å². The van der Waals surface area contributed by atoms with Gasteiger partial charge in [0.1, 0.15) is 0 Å². The monoisotopic (exact) mass is 231 g/mol. The third-order valence-electron chi connectivity index (χ3n) is 1.87. The molecule has 0 spiro atoms. The molecule has 15 heavy (non-hydrogen) atoms. The smallest absolute Gasteiger partial charge is 0.264 e. The van der Waals surface area contributed by atoms with Crippen LogP contribution < -0.4 is 0 Å². The Morgan fingerprint density at radius 1 is 1.13 bits per heavy atom. The first kappa shape index (κ1) is 12.1. The second-order valence-electron chi connectivity index (χ2n) is 2.83. The molecular formula is C9H13NO4S. The largest absolute Gasteiger partial charge is 0.289 e. The van der Waals surface area contributed by atoms with Crippen molar-refractivity contribution in [3.05, 3.63) is 29.8 Å². The van der Waals surface area contributed by atoms with Gasteiger partial charge in [-0.05, 0) is 18.6 Å². The summed E-state index contributed by atoms with van der Waals surface area (Å²) < 4.78 is 24.2. The molecule has 0 amide bonds. The molecule has 0 fully saturated rings. The molecule has 0 aromatic heterocycles. The van der Waals surface area contributed by atoms with Gasteiger partial charge in [-0.15, -0.1) is 0 Å². The molecule has 0 radical (unpaired) electrons. The van der Waals surface area contributed by atoms with Gasteiger partial charge in [0.2, 0.25) is 0 Å². The summed E-state index contributed by atoms with van der Waals surface area (Å²) in [6.07, 6.45) is 0. The Morgan fingerprint density at radius 2 is 1.67 bits per heavy atom. The number of nitrogens with zero attached hydrogens (tertiary/aromatic N) is 1. The van der Waals surface area contributed by atoms with Crippen LogP contribution in [0.2, 0.25) is 0 Å². The van der Waals surface area contributed by atoms with E-state index in [4.69, 9.17) is 0 Å². The minimum absolute atomic E-state index is 0.161. The SMILES string of the molecule is CON(OC)S(=O)(=O)c1ccccc1C. The van der Waals surface area contributed by atoms with E-state index >= 15 is 0 Å². The molecule has 0 atom stereocenters. The van der Waals surface area contributed by atoms with Gasteiger partial charge in [0.15, 0.2) is 0 Å². The van der Waals surface area contributed by atoms with Gasteiger partial charge in [0, 0.05) is 0 Å². The molecule has 1 rings (SSSR count). The Morgan fingerprint density at radius 3 is 2.13 bits per heavy atom. The molecule has 5 nitrogen and oxygen atoms in total. The minimum Gasteiger partial charge on any atom is -0.264 e. The minimum atomic E-state index is -3.74. The van der Waals surface area contributed by atoms with Crippen LogP contribution >= 0.6 is 0 Å². The fourth-order valence-corrected chi connectivity index (χ4v) is 2.48. The number of hydrogen-bond acceptors (Lipinski definition) is 4. The maximum absolute atomic E-state index is 11.9. The Kier molecular flexibility index (Phi) is 3.81. The fraction of sp³-hybridized carbons (Fsp3) is 0.333. The standard InChI is InChI=1S/C9H13NO4S/c1-8-6-4-5-7-9(8)15(11,12)10(13-2)14-3/h4-7H,1-3H3. The molecule has 0 N–H and O–H groups in total. The van der Waals surface area contributed by atoms with Crippen molar-refractivity contribution >= 4 is 10.0 Å². The van der Waals surface area contributed by atoms with Crippen molar-refractivity contribution in [2.75, 3.05) is 14.2 Å². The van der Waals surface area contributed by atoms with E-state index in [1.165, 1.54) is 20.3 Å². The number of rotatable bonds is 4. The van der Waals surface area contributed by atoms with Gasteiger partial charge in [0.25, 0.3) is 10.0 Å². The summed E-state index contributed by atoms with van der Waals surface area (Å²) in [6, 6.07) is 6.60. The third-order valence-corrected chi connectivity index (χ3v) is 3.57. The Hall–Kier alpha value is -0.950. The summed E-state index contributed by atoms with van der Waals surface area (Å²) >= 11 is 0. The molecule has 0 aliphatic heterocycles. The van der Waals surface area contributed by atoms with E-state index in [1.54, 1.807) is 25.1 Å². The molecule has 0 saturated heterocycles. The quantitative estimate of drug-likeness (QED) is 0.728. The van der Waals surface area contributed by atoms with E-state index in [9.17, 15) is 8.42 Å². The summed E-state index contributed by atoms with van der Waals surface area (Å²) in [5.41, 5.74) is 0.636. The van der Waals surface area contributed by atoms with Crippen LogP contribution in [-0.2, 0) is 19.7 Å². The summed E-state index contributed by atoms with van der Waals surface area (Å²) in [5.74, 6) is 0. The number of benzene rings is 1. The molecule has 6 heteroatoms. The molecule has 1 aromatic rings. The molecular weight excluding hydrogens is 218 g/mol. The summed E-state index contributed by atoms with van der Waals surface area (Å²) in [7, 11) is -1.30. The van der Waals surface area contributed by atoms with Crippen molar-refractivity contribution in [3.8, 4) is 0 Å². The molecule has 84 valence electrons. The van der Waals surface area contributed by atoms with Crippen LogP contribution in [0.1, 0.15) is 5.56 Å². The van der Waals surface area contributed by atoms with Gasteiger partial charge in [-0.3, -0.25) is 9.68 Å². The molecule has 0 aliphatic carbocycles. The molecule has 0 unspecified atom stereocenters. The average Bonchev–Trinajstić information content (AvgIpc) is 2.19. The van der Waals surface area contributed by atoms with E-state index in [0.717, 1.165) is 0 Å². The van der Waals surface area contributed by atoms with Gasteiger partial charge in [-0.2, -0.15) is 0 Å². The first-order valence-corrected chi connectivity index (χ1v) is 5.67. The van der Waals surface area contributed by atoms with Crippen LogP contribution in [0.25, 0.3) is 0 Å². The van der Waals surface area contributed by atoms with Crippen molar-refractivity contribution < 1.29 is 18.1 Å².